The number of carbonyl (C=O) groups is 3. The number of ketones is 1. The number of aliphatic carboxylic acids is 1. The molecular weight excluding hydrogens is 570 g/mol. The van der Waals surface area contributed by atoms with E-state index in [1.807, 2.05) is 30.3 Å². The summed E-state index contributed by atoms with van der Waals surface area (Å²) in [5, 5.41) is 15.6. The van der Waals surface area contributed by atoms with Crippen LogP contribution in [0.2, 0.25) is 5.02 Å². The first kappa shape index (κ1) is 27.0. The molecule has 0 radical (unpaired) electrons. The van der Waals surface area contributed by atoms with Crippen LogP contribution in [0.15, 0.2) is 95.6 Å². The number of hydrogen-bond donors (Lipinski definition) is 3. The molecule has 1 atom stereocenters. The van der Waals surface area contributed by atoms with E-state index in [-0.39, 0.29) is 29.2 Å². The quantitative estimate of drug-likeness (QED) is 0.192. The molecule has 4 aromatic rings. The minimum atomic E-state index is -1.17. The lowest BCUT2D eigenvalue weighted by atomic mass is 9.99. The summed E-state index contributed by atoms with van der Waals surface area (Å²) >= 11 is 9.40. The molecule has 0 saturated carbocycles. The van der Waals surface area contributed by atoms with Gasteiger partial charge in [-0.2, -0.15) is 0 Å². The summed E-state index contributed by atoms with van der Waals surface area (Å²) in [5.41, 5.74) is 2.99. The van der Waals surface area contributed by atoms with Crippen LogP contribution in [-0.4, -0.2) is 33.8 Å². The fraction of sp³-hybridized carbons (Fsp3) is 0.103. The zero-order valence-corrected chi connectivity index (χ0v) is 22.4. The maximum Gasteiger partial charge on any atom is 0.326 e. The monoisotopic (exact) mass is 591 g/mol. The van der Waals surface area contributed by atoms with Crippen molar-refractivity contribution in [3.63, 3.8) is 0 Å². The molecule has 0 spiro atoms. The van der Waals surface area contributed by atoms with Gasteiger partial charge in [0.15, 0.2) is 5.78 Å². The first-order valence-corrected chi connectivity index (χ1v) is 12.8. The van der Waals surface area contributed by atoms with Crippen LogP contribution in [0.5, 0.6) is 0 Å². The van der Waals surface area contributed by atoms with Gasteiger partial charge in [0.25, 0.3) is 5.91 Å². The lowest BCUT2D eigenvalue weighted by Gasteiger charge is -2.16. The van der Waals surface area contributed by atoms with Gasteiger partial charge in [-0.3, -0.25) is 9.59 Å². The standard InChI is InChI=1S/C29H23BrClN3O4/c30-22-7-4-8-23(31)27(22)28(36)34-24(29(37)38)15-18-10-12-19(13-11-18)16-25(35)20-5-3-6-21(17-20)33-26-9-1-2-14-32-26/h1-14,17,24H,15-16H2,(H,32,33)(H,34,36)(H,37,38)/t24-/m0/s1. The van der Waals surface area contributed by atoms with Gasteiger partial charge in [-0.15, -0.1) is 0 Å². The Morgan fingerprint density at radius 1 is 0.921 bits per heavy atom. The number of carboxylic acid groups (broad SMARTS) is 1. The van der Waals surface area contributed by atoms with E-state index in [0.29, 0.717) is 21.4 Å². The zero-order chi connectivity index (χ0) is 27.1. The number of Topliss-reactive ketones (excluding diaryl/α,β-unsaturated/α-hetero) is 1. The van der Waals surface area contributed by atoms with E-state index < -0.39 is 17.9 Å². The van der Waals surface area contributed by atoms with Crippen LogP contribution < -0.4 is 10.6 Å². The summed E-state index contributed by atoms with van der Waals surface area (Å²) in [7, 11) is 0. The second kappa shape index (κ2) is 12.5. The number of nitrogens with zero attached hydrogens (tertiary/aromatic N) is 1. The van der Waals surface area contributed by atoms with Crippen molar-refractivity contribution < 1.29 is 19.5 Å². The second-order valence-corrected chi connectivity index (χ2v) is 9.76. The summed E-state index contributed by atoms with van der Waals surface area (Å²) < 4.78 is 0.471. The average Bonchev–Trinajstić information content (AvgIpc) is 2.90. The minimum Gasteiger partial charge on any atom is -0.480 e. The molecule has 1 amide bonds. The van der Waals surface area contributed by atoms with E-state index in [2.05, 4.69) is 31.5 Å². The van der Waals surface area contributed by atoms with Crippen LogP contribution in [0, 0.1) is 0 Å². The van der Waals surface area contributed by atoms with Crippen molar-refractivity contribution in [2.45, 2.75) is 18.9 Å². The predicted octanol–water partition coefficient (Wildman–Crippen LogP) is 6.09. The van der Waals surface area contributed by atoms with E-state index >= 15 is 0 Å². The van der Waals surface area contributed by atoms with Crippen LogP contribution in [0.4, 0.5) is 11.5 Å². The zero-order valence-electron chi connectivity index (χ0n) is 20.0. The normalized spacial score (nSPS) is 11.4. The topological polar surface area (TPSA) is 108 Å². The highest BCUT2D eigenvalue weighted by atomic mass is 79.9. The molecule has 0 aliphatic carbocycles. The number of pyridine rings is 1. The fourth-order valence-corrected chi connectivity index (χ4v) is 4.74. The number of carbonyl (C=O) groups excluding carboxylic acids is 2. The van der Waals surface area contributed by atoms with Crippen molar-refractivity contribution in [2.75, 3.05) is 5.32 Å². The fourth-order valence-electron chi connectivity index (χ4n) is 3.82. The minimum absolute atomic E-state index is 0.0524. The van der Waals surface area contributed by atoms with E-state index in [0.717, 1.165) is 11.3 Å². The van der Waals surface area contributed by atoms with Gasteiger partial charge in [-0.1, -0.05) is 60.1 Å². The molecule has 192 valence electrons. The van der Waals surface area contributed by atoms with Gasteiger partial charge >= 0.3 is 5.97 Å². The van der Waals surface area contributed by atoms with Gasteiger partial charge in [0.1, 0.15) is 11.9 Å². The van der Waals surface area contributed by atoms with E-state index in [1.54, 1.807) is 60.8 Å². The maximum absolute atomic E-state index is 12.9. The Balaban J connectivity index is 1.39. The number of hydrogen-bond acceptors (Lipinski definition) is 5. The molecule has 0 saturated heterocycles. The Morgan fingerprint density at radius 2 is 1.66 bits per heavy atom. The number of amides is 1. The Kier molecular flexibility index (Phi) is 8.89. The Labute approximate surface area is 233 Å². The summed E-state index contributed by atoms with van der Waals surface area (Å²) in [6.45, 7) is 0. The summed E-state index contributed by atoms with van der Waals surface area (Å²) in [6.07, 6.45) is 1.94. The molecule has 0 unspecified atom stereocenters. The van der Waals surface area contributed by atoms with Crippen molar-refractivity contribution in [3.8, 4) is 0 Å². The number of rotatable bonds is 10. The Bertz CT molecular complexity index is 1440. The van der Waals surface area contributed by atoms with Crippen LogP contribution >= 0.6 is 27.5 Å². The third-order valence-electron chi connectivity index (χ3n) is 5.74. The molecule has 1 heterocycles. The van der Waals surface area contributed by atoms with E-state index in [4.69, 9.17) is 11.6 Å². The molecule has 0 aliphatic heterocycles. The van der Waals surface area contributed by atoms with Crippen molar-refractivity contribution >= 4 is 56.7 Å². The number of benzene rings is 3. The SMILES string of the molecule is O=C(Cc1ccc(C[C@H](NC(=O)c2c(Cl)cccc2Br)C(=O)O)cc1)c1cccc(Nc2ccccn2)c1. The summed E-state index contributed by atoms with van der Waals surface area (Å²) in [4.78, 5) is 41.7. The molecule has 7 nitrogen and oxygen atoms in total. The molecule has 9 heteroatoms. The van der Waals surface area contributed by atoms with Gasteiger partial charge in [0, 0.05) is 34.8 Å². The number of halogens is 2. The second-order valence-electron chi connectivity index (χ2n) is 8.50. The van der Waals surface area contributed by atoms with Gasteiger partial charge in [-0.05, 0) is 63.5 Å². The molecule has 3 aromatic carbocycles. The molecule has 3 N–H and O–H groups in total. The first-order chi connectivity index (χ1) is 18.3. The van der Waals surface area contributed by atoms with Crippen LogP contribution in [0.1, 0.15) is 31.8 Å². The van der Waals surface area contributed by atoms with Crippen LogP contribution in [0.25, 0.3) is 0 Å². The summed E-state index contributed by atoms with van der Waals surface area (Å²) in [6, 6.07) is 23.6. The van der Waals surface area contributed by atoms with E-state index in [9.17, 15) is 19.5 Å². The summed E-state index contributed by atoms with van der Waals surface area (Å²) in [5.74, 6) is -1.12. The molecule has 4 rings (SSSR count). The third-order valence-corrected chi connectivity index (χ3v) is 6.72. The largest absolute Gasteiger partial charge is 0.480 e. The highest BCUT2D eigenvalue weighted by molar-refractivity contribution is 9.10. The highest BCUT2D eigenvalue weighted by Crippen LogP contribution is 2.25. The van der Waals surface area contributed by atoms with Crippen molar-refractivity contribution in [1.29, 1.82) is 0 Å². The Hall–Kier alpha value is -4.01. The van der Waals surface area contributed by atoms with Crippen molar-refractivity contribution in [3.05, 3.63) is 123 Å². The lowest BCUT2D eigenvalue weighted by Crippen LogP contribution is -2.42. The number of carboxylic acids is 1. The van der Waals surface area contributed by atoms with Gasteiger partial charge < -0.3 is 15.7 Å². The number of aromatic nitrogens is 1. The van der Waals surface area contributed by atoms with Gasteiger partial charge in [0.2, 0.25) is 0 Å². The molecule has 38 heavy (non-hydrogen) atoms. The van der Waals surface area contributed by atoms with Crippen LogP contribution in [-0.2, 0) is 17.6 Å². The number of anilines is 2. The van der Waals surface area contributed by atoms with Gasteiger partial charge in [0.05, 0.1) is 10.6 Å². The average molecular weight is 593 g/mol. The highest BCUT2D eigenvalue weighted by Gasteiger charge is 2.23. The number of nitrogens with one attached hydrogen (secondary N) is 2. The maximum atomic E-state index is 12.9. The van der Waals surface area contributed by atoms with Crippen molar-refractivity contribution in [2.24, 2.45) is 0 Å². The van der Waals surface area contributed by atoms with E-state index in [1.165, 1.54) is 0 Å². The first-order valence-electron chi connectivity index (χ1n) is 11.7. The molecule has 0 aliphatic rings. The molecule has 1 aromatic heterocycles. The Morgan fingerprint density at radius 3 is 2.34 bits per heavy atom. The van der Waals surface area contributed by atoms with Crippen LogP contribution in [0.3, 0.4) is 0 Å². The van der Waals surface area contributed by atoms with Gasteiger partial charge in [-0.25, -0.2) is 9.78 Å². The molecule has 0 fully saturated rings. The predicted molar refractivity (Wildman–Crippen MR) is 150 cm³/mol. The third kappa shape index (κ3) is 7.06. The molecule has 0 bridgehead atoms. The van der Waals surface area contributed by atoms with Crippen molar-refractivity contribution in [1.82, 2.24) is 10.3 Å². The molecular formula is C29H23BrClN3O4. The lowest BCUT2D eigenvalue weighted by molar-refractivity contribution is -0.139. The smallest absolute Gasteiger partial charge is 0.326 e.